The van der Waals surface area contributed by atoms with E-state index in [2.05, 4.69) is 29.4 Å². The summed E-state index contributed by atoms with van der Waals surface area (Å²) >= 11 is 0. The number of carbonyl (C=O) groups is 1. The number of anilines is 1. The molecule has 0 saturated carbocycles. The number of rotatable bonds is 7. The number of carbonyl (C=O) groups excluding carboxylic acids is 1. The van der Waals surface area contributed by atoms with E-state index >= 15 is 0 Å². The molecule has 1 fully saturated rings. The highest BCUT2D eigenvalue weighted by Crippen LogP contribution is 2.15. The molecule has 6 heteroatoms. The standard InChI is InChI=1S/C18H29N3O3/c1-14(2)12-16(21-8-10-24-11-9-21)13-19-18(22)20-15-4-6-17(23-3)7-5-15/h4-7,14,16H,8-13H2,1-3H3,(H2,19,20,22)/t16-/m1/s1. The Labute approximate surface area is 144 Å². The van der Waals surface area contributed by atoms with Gasteiger partial charge in [-0.05, 0) is 36.6 Å². The van der Waals surface area contributed by atoms with Crippen molar-refractivity contribution in [3.8, 4) is 5.75 Å². The van der Waals surface area contributed by atoms with Crippen molar-refractivity contribution in [2.45, 2.75) is 26.3 Å². The number of nitrogens with zero attached hydrogens (tertiary/aromatic N) is 1. The van der Waals surface area contributed by atoms with Crippen LogP contribution in [0.2, 0.25) is 0 Å². The molecule has 1 aliphatic rings. The summed E-state index contributed by atoms with van der Waals surface area (Å²) in [4.78, 5) is 14.6. The van der Waals surface area contributed by atoms with E-state index in [9.17, 15) is 4.79 Å². The Morgan fingerprint density at radius 1 is 1.25 bits per heavy atom. The number of nitrogens with one attached hydrogen (secondary N) is 2. The molecule has 2 amide bonds. The van der Waals surface area contributed by atoms with Gasteiger partial charge in [-0.1, -0.05) is 13.8 Å². The van der Waals surface area contributed by atoms with Gasteiger partial charge in [-0.3, -0.25) is 4.90 Å². The van der Waals surface area contributed by atoms with Gasteiger partial charge in [0.05, 0.1) is 20.3 Å². The summed E-state index contributed by atoms with van der Waals surface area (Å²) in [6, 6.07) is 7.46. The van der Waals surface area contributed by atoms with Gasteiger partial charge in [0, 0.05) is 31.4 Å². The summed E-state index contributed by atoms with van der Waals surface area (Å²) < 4.78 is 10.5. The third-order valence-electron chi connectivity index (χ3n) is 4.15. The third-order valence-corrected chi connectivity index (χ3v) is 4.15. The maximum atomic E-state index is 12.1. The Kier molecular flexibility index (Phi) is 7.34. The van der Waals surface area contributed by atoms with E-state index in [1.165, 1.54) is 0 Å². The average Bonchev–Trinajstić information content (AvgIpc) is 2.59. The fourth-order valence-corrected chi connectivity index (χ4v) is 2.91. The van der Waals surface area contributed by atoms with Crippen LogP contribution in [0.15, 0.2) is 24.3 Å². The molecule has 0 unspecified atom stereocenters. The molecule has 0 aliphatic carbocycles. The van der Waals surface area contributed by atoms with Gasteiger partial charge in [0.2, 0.25) is 0 Å². The summed E-state index contributed by atoms with van der Waals surface area (Å²) in [5.74, 6) is 1.36. The minimum absolute atomic E-state index is 0.179. The fourth-order valence-electron chi connectivity index (χ4n) is 2.91. The van der Waals surface area contributed by atoms with Crippen LogP contribution < -0.4 is 15.4 Å². The largest absolute Gasteiger partial charge is 0.497 e. The Hall–Kier alpha value is -1.79. The van der Waals surface area contributed by atoms with Gasteiger partial charge in [-0.25, -0.2) is 4.79 Å². The Balaban J connectivity index is 1.83. The van der Waals surface area contributed by atoms with Crippen LogP contribution in [0.3, 0.4) is 0 Å². The van der Waals surface area contributed by atoms with Crippen LogP contribution >= 0.6 is 0 Å². The molecule has 2 rings (SSSR count). The number of hydrogen-bond donors (Lipinski definition) is 2. The van der Waals surface area contributed by atoms with E-state index in [0.29, 0.717) is 18.5 Å². The van der Waals surface area contributed by atoms with Gasteiger partial charge >= 0.3 is 6.03 Å². The van der Waals surface area contributed by atoms with E-state index in [0.717, 1.165) is 44.2 Å². The van der Waals surface area contributed by atoms with Crippen molar-refractivity contribution < 1.29 is 14.3 Å². The van der Waals surface area contributed by atoms with Crippen LogP contribution in [0.25, 0.3) is 0 Å². The van der Waals surface area contributed by atoms with Crippen LogP contribution in [0.4, 0.5) is 10.5 Å². The first-order valence-corrected chi connectivity index (χ1v) is 8.59. The van der Waals surface area contributed by atoms with Crippen LogP contribution in [-0.2, 0) is 4.74 Å². The van der Waals surface area contributed by atoms with Crippen molar-refractivity contribution >= 4 is 11.7 Å². The molecule has 1 saturated heterocycles. The summed E-state index contributed by atoms with van der Waals surface area (Å²) in [5, 5.41) is 5.85. The number of hydrogen-bond acceptors (Lipinski definition) is 4. The van der Waals surface area contributed by atoms with Gasteiger partial charge in [-0.2, -0.15) is 0 Å². The van der Waals surface area contributed by atoms with Crippen LogP contribution in [0.1, 0.15) is 20.3 Å². The SMILES string of the molecule is COc1ccc(NC(=O)NC[C@@H](CC(C)C)N2CCOCC2)cc1. The maximum absolute atomic E-state index is 12.1. The lowest BCUT2D eigenvalue weighted by atomic mass is 10.0. The van der Waals surface area contributed by atoms with E-state index in [1.54, 1.807) is 7.11 Å². The van der Waals surface area contributed by atoms with Gasteiger partial charge in [0.1, 0.15) is 5.75 Å². The lowest BCUT2D eigenvalue weighted by Crippen LogP contribution is -2.49. The molecule has 2 N–H and O–H groups in total. The summed E-state index contributed by atoms with van der Waals surface area (Å²) in [5.41, 5.74) is 0.750. The summed E-state index contributed by atoms with van der Waals surface area (Å²) in [6.45, 7) is 8.47. The van der Waals surface area contributed by atoms with Crippen LogP contribution in [0, 0.1) is 5.92 Å². The second-order valence-electron chi connectivity index (χ2n) is 6.50. The van der Waals surface area contributed by atoms with Crippen molar-refractivity contribution in [2.24, 2.45) is 5.92 Å². The molecule has 0 spiro atoms. The number of urea groups is 1. The predicted octanol–water partition coefficient (Wildman–Crippen LogP) is 2.56. The smallest absolute Gasteiger partial charge is 0.319 e. The number of amides is 2. The lowest BCUT2D eigenvalue weighted by molar-refractivity contribution is 0.0130. The molecule has 0 bridgehead atoms. The minimum Gasteiger partial charge on any atom is -0.497 e. The zero-order chi connectivity index (χ0) is 17.4. The Bertz CT molecular complexity index is 499. The van der Waals surface area contributed by atoms with Crippen LogP contribution in [-0.4, -0.2) is 56.9 Å². The third kappa shape index (κ3) is 6.02. The number of morpholine rings is 1. The summed E-state index contributed by atoms with van der Waals surface area (Å²) in [6.07, 6.45) is 1.06. The molecule has 134 valence electrons. The molecule has 1 aromatic rings. The van der Waals surface area contributed by atoms with E-state index in [-0.39, 0.29) is 6.03 Å². The zero-order valence-corrected chi connectivity index (χ0v) is 14.9. The van der Waals surface area contributed by atoms with Gasteiger partial charge < -0.3 is 20.1 Å². The van der Waals surface area contributed by atoms with Crippen molar-refractivity contribution in [1.82, 2.24) is 10.2 Å². The highest BCUT2D eigenvalue weighted by Gasteiger charge is 2.22. The van der Waals surface area contributed by atoms with E-state index < -0.39 is 0 Å². The molecule has 1 heterocycles. The highest BCUT2D eigenvalue weighted by molar-refractivity contribution is 5.89. The van der Waals surface area contributed by atoms with Crippen molar-refractivity contribution in [3.63, 3.8) is 0 Å². The molecular weight excluding hydrogens is 306 g/mol. The van der Waals surface area contributed by atoms with Crippen molar-refractivity contribution in [2.75, 3.05) is 45.3 Å². The highest BCUT2D eigenvalue weighted by atomic mass is 16.5. The zero-order valence-electron chi connectivity index (χ0n) is 14.9. The Morgan fingerprint density at radius 2 is 1.92 bits per heavy atom. The second-order valence-corrected chi connectivity index (χ2v) is 6.50. The topological polar surface area (TPSA) is 62.8 Å². The monoisotopic (exact) mass is 335 g/mol. The fraction of sp³-hybridized carbons (Fsp3) is 0.611. The normalized spacial score (nSPS) is 16.7. The van der Waals surface area contributed by atoms with E-state index in [1.807, 2.05) is 24.3 Å². The first kappa shape index (κ1) is 18.5. The number of benzene rings is 1. The summed E-state index contributed by atoms with van der Waals surface area (Å²) in [7, 11) is 1.62. The van der Waals surface area contributed by atoms with Crippen molar-refractivity contribution in [3.05, 3.63) is 24.3 Å². The maximum Gasteiger partial charge on any atom is 0.319 e. The second kappa shape index (κ2) is 9.49. The first-order valence-electron chi connectivity index (χ1n) is 8.59. The average molecular weight is 335 g/mol. The van der Waals surface area contributed by atoms with Crippen LogP contribution in [0.5, 0.6) is 5.75 Å². The molecule has 0 aromatic heterocycles. The molecule has 24 heavy (non-hydrogen) atoms. The van der Waals surface area contributed by atoms with Gasteiger partial charge in [0.15, 0.2) is 0 Å². The number of methoxy groups -OCH3 is 1. The molecule has 1 aromatic carbocycles. The predicted molar refractivity (Wildman–Crippen MR) is 95.7 cm³/mol. The molecular formula is C18H29N3O3. The van der Waals surface area contributed by atoms with Gasteiger partial charge in [0.25, 0.3) is 0 Å². The molecule has 0 radical (unpaired) electrons. The first-order chi connectivity index (χ1) is 11.6. The quantitative estimate of drug-likeness (QED) is 0.804. The van der Waals surface area contributed by atoms with Gasteiger partial charge in [-0.15, -0.1) is 0 Å². The lowest BCUT2D eigenvalue weighted by Gasteiger charge is -2.35. The molecule has 1 aliphatic heterocycles. The molecule has 6 nitrogen and oxygen atoms in total. The Morgan fingerprint density at radius 3 is 2.50 bits per heavy atom. The minimum atomic E-state index is -0.179. The van der Waals surface area contributed by atoms with E-state index in [4.69, 9.17) is 9.47 Å². The molecule has 1 atom stereocenters. The number of ether oxygens (including phenoxy) is 2. The van der Waals surface area contributed by atoms with Crippen molar-refractivity contribution in [1.29, 1.82) is 0 Å².